The standard InChI is InChI=1S/C21H31F2N3O2S/c1-3-4-19(27)24-16-7-5-15(6-8-16)9-11-26-12-10-18-17(13-26)25-20(29-18)28-14-21(2,22)23/h3-4,15-16H,5-14H2,1-2H3,(H,24,27)/b4-3+. The van der Waals surface area contributed by atoms with Gasteiger partial charge in [0.05, 0.1) is 5.69 Å². The molecular formula is C21H31F2N3O2S. The molecule has 3 rings (SSSR count). The van der Waals surface area contributed by atoms with Gasteiger partial charge in [-0.1, -0.05) is 17.4 Å². The number of allylic oxidation sites excluding steroid dienone is 1. The molecule has 2 aliphatic rings. The average Bonchev–Trinajstić information content (AvgIpc) is 3.08. The molecule has 8 heteroatoms. The van der Waals surface area contributed by atoms with Gasteiger partial charge in [-0.15, -0.1) is 0 Å². The Morgan fingerprint density at radius 2 is 2.14 bits per heavy atom. The van der Waals surface area contributed by atoms with Crippen LogP contribution < -0.4 is 10.1 Å². The van der Waals surface area contributed by atoms with Gasteiger partial charge in [-0.3, -0.25) is 9.69 Å². The molecule has 2 heterocycles. The highest BCUT2D eigenvalue weighted by Crippen LogP contribution is 2.32. The number of rotatable bonds is 8. The van der Waals surface area contributed by atoms with Gasteiger partial charge < -0.3 is 10.1 Å². The Kier molecular flexibility index (Phi) is 7.62. The molecule has 1 fully saturated rings. The SMILES string of the molecule is C/C=C/C(=O)NC1CCC(CCN2CCc3sc(OCC(C)(F)F)nc3C2)CC1. The highest BCUT2D eigenvalue weighted by Gasteiger charge is 2.26. The number of amides is 1. The number of halogens is 2. The second-order valence-corrected chi connectivity index (χ2v) is 9.30. The quantitative estimate of drug-likeness (QED) is 0.633. The number of carbonyl (C=O) groups is 1. The first-order valence-electron chi connectivity index (χ1n) is 10.5. The monoisotopic (exact) mass is 427 g/mol. The fourth-order valence-electron chi connectivity index (χ4n) is 4.03. The molecule has 1 N–H and O–H groups in total. The van der Waals surface area contributed by atoms with Gasteiger partial charge in [0, 0.05) is 30.9 Å². The van der Waals surface area contributed by atoms with Crippen LogP contribution in [0, 0.1) is 5.92 Å². The van der Waals surface area contributed by atoms with E-state index in [0.29, 0.717) is 17.2 Å². The lowest BCUT2D eigenvalue weighted by atomic mass is 9.84. The minimum absolute atomic E-state index is 0.00865. The number of nitrogens with zero attached hydrogens (tertiary/aromatic N) is 2. The number of hydrogen-bond acceptors (Lipinski definition) is 5. The van der Waals surface area contributed by atoms with E-state index in [9.17, 15) is 13.6 Å². The minimum atomic E-state index is -2.84. The maximum absolute atomic E-state index is 13.0. The van der Waals surface area contributed by atoms with Crippen LogP contribution >= 0.6 is 11.3 Å². The van der Waals surface area contributed by atoms with Crippen LogP contribution in [0.2, 0.25) is 0 Å². The Balaban J connectivity index is 1.39. The van der Waals surface area contributed by atoms with Crippen molar-refractivity contribution in [1.29, 1.82) is 0 Å². The first-order valence-corrected chi connectivity index (χ1v) is 11.3. The van der Waals surface area contributed by atoms with E-state index in [2.05, 4.69) is 15.2 Å². The van der Waals surface area contributed by atoms with Gasteiger partial charge in [0.2, 0.25) is 5.91 Å². The van der Waals surface area contributed by atoms with Crippen LogP contribution in [0.3, 0.4) is 0 Å². The van der Waals surface area contributed by atoms with Gasteiger partial charge in [0.15, 0.2) is 6.61 Å². The molecule has 5 nitrogen and oxygen atoms in total. The van der Waals surface area contributed by atoms with Gasteiger partial charge in [0.25, 0.3) is 11.1 Å². The van der Waals surface area contributed by atoms with Gasteiger partial charge in [-0.2, -0.15) is 0 Å². The second-order valence-electron chi connectivity index (χ2n) is 8.25. The van der Waals surface area contributed by atoms with E-state index in [-0.39, 0.29) is 5.91 Å². The maximum Gasteiger partial charge on any atom is 0.278 e. The lowest BCUT2D eigenvalue weighted by molar-refractivity contribution is -0.117. The third kappa shape index (κ3) is 7.03. The van der Waals surface area contributed by atoms with E-state index >= 15 is 0 Å². The normalized spacial score (nSPS) is 23.2. The predicted molar refractivity (Wildman–Crippen MR) is 111 cm³/mol. The van der Waals surface area contributed by atoms with Crippen LogP contribution in [0.5, 0.6) is 5.19 Å². The van der Waals surface area contributed by atoms with Crippen LogP contribution in [0.4, 0.5) is 8.78 Å². The van der Waals surface area contributed by atoms with E-state index in [1.807, 2.05) is 6.92 Å². The number of thiazole rings is 1. The Hall–Kier alpha value is -1.54. The lowest BCUT2D eigenvalue weighted by Crippen LogP contribution is -2.37. The molecule has 1 saturated carbocycles. The Labute approximate surface area is 175 Å². The van der Waals surface area contributed by atoms with E-state index < -0.39 is 12.5 Å². The highest BCUT2D eigenvalue weighted by atomic mass is 32.1. The molecule has 0 aromatic carbocycles. The van der Waals surface area contributed by atoms with Gasteiger partial charge in [0.1, 0.15) is 0 Å². The highest BCUT2D eigenvalue weighted by molar-refractivity contribution is 7.13. The average molecular weight is 428 g/mol. The van der Waals surface area contributed by atoms with Crippen LogP contribution in [0.15, 0.2) is 12.2 Å². The fraction of sp³-hybridized carbons (Fsp3) is 0.714. The van der Waals surface area contributed by atoms with E-state index in [1.54, 1.807) is 12.2 Å². The third-order valence-corrected chi connectivity index (χ3v) is 6.67. The van der Waals surface area contributed by atoms with Crippen molar-refractivity contribution in [1.82, 2.24) is 15.2 Å². The molecule has 1 aromatic rings. The molecule has 162 valence electrons. The van der Waals surface area contributed by atoms with E-state index in [1.165, 1.54) is 11.3 Å². The summed E-state index contributed by atoms with van der Waals surface area (Å²) < 4.78 is 31.1. The Bertz CT molecular complexity index is 709. The molecule has 1 aliphatic heterocycles. The molecule has 1 amide bonds. The number of nitrogens with one attached hydrogen (secondary N) is 1. The number of fused-ring (bicyclic) bond motifs is 1. The molecule has 1 aromatic heterocycles. The smallest absolute Gasteiger partial charge is 0.278 e. The van der Waals surface area contributed by atoms with Crippen molar-refractivity contribution in [2.24, 2.45) is 5.92 Å². The molecular weight excluding hydrogens is 396 g/mol. The van der Waals surface area contributed by atoms with Crippen molar-refractivity contribution in [2.75, 3.05) is 19.7 Å². The molecule has 29 heavy (non-hydrogen) atoms. The topological polar surface area (TPSA) is 54.5 Å². The summed E-state index contributed by atoms with van der Waals surface area (Å²) in [6.45, 7) is 4.86. The number of carbonyl (C=O) groups excluding carboxylic acids is 1. The van der Waals surface area contributed by atoms with Crippen molar-refractivity contribution >= 4 is 17.2 Å². The maximum atomic E-state index is 13.0. The van der Waals surface area contributed by atoms with Crippen molar-refractivity contribution in [2.45, 2.75) is 70.9 Å². The number of alkyl halides is 2. The largest absolute Gasteiger partial charge is 0.464 e. The predicted octanol–water partition coefficient (Wildman–Crippen LogP) is 4.18. The first-order chi connectivity index (χ1) is 13.8. The molecule has 1 aliphatic carbocycles. The molecule has 0 atom stereocenters. The fourth-order valence-corrected chi connectivity index (χ4v) is 4.94. The molecule has 0 unspecified atom stereocenters. The zero-order valence-electron chi connectivity index (χ0n) is 17.3. The Morgan fingerprint density at radius 1 is 1.38 bits per heavy atom. The van der Waals surface area contributed by atoms with Crippen molar-refractivity contribution in [3.8, 4) is 5.19 Å². The lowest BCUT2D eigenvalue weighted by Gasteiger charge is -2.31. The van der Waals surface area contributed by atoms with Gasteiger partial charge >= 0.3 is 0 Å². The van der Waals surface area contributed by atoms with Gasteiger partial charge in [-0.05, 0) is 64.0 Å². The van der Waals surface area contributed by atoms with Crippen LogP contribution in [-0.4, -0.2) is 47.5 Å². The van der Waals surface area contributed by atoms with Gasteiger partial charge in [-0.25, -0.2) is 13.8 Å². The van der Waals surface area contributed by atoms with Crippen molar-refractivity contribution in [3.63, 3.8) is 0 Å². The number of aromatic nitrogens is 1. The van der Waals surface area contributed by atoms with Crippen molar-refractivity contribution in [3.05, 3.63) is 22.7 Å². The summed E-state index contributed by atoms with van der Waals surface area (Å²) in [6, 6.07) is 0.302. The first kappa shape index (κ1) is 22.2. The van der Waals surface area contributed by atoms with Crippen LogP contribution in [0.25, 0.3) is 0 Å². The van der Waals surface area contributed by atoms with E-state index in [4.69, 9.17) is 4.74 Å². The molecule has 0 spiro atoms. The number of hydrogen-bond donors (Lipinski definition) is 1. The molecule has 0 saturated heterocycles. The summed E-state index contributed by atoms with van der Waals surface area (Å²) in [6.07, 6.45) is 9.81. The van der Waals surface area contributed by atoms with Crippen molar-refractivity contribution < 1.29 is 18.3 Å². The summed E-state index contributed by atoms with van der Waals surface area (Å²) in [4.78, 5) is 19.7. The summed E-state index contributed by atoms with van der Waals surface area (Å²) in [5.74, 6) is -2.13. The number of ether oxygens (including phenoxy) is 1. The van der Waals surface area contributed by atoms with Crippen LogP contribution in [0.1, 0.15) is 56.5 Å². The van der Waals surface area contributed by atoms with E-state index in [0.717, 1.165) is 75.7 Å². The molecule has 0 bridgehead atoms. The van der Waals surface area contributed by atoms with Crippen LogP contribution in [-0.2, 0) is 17.8 Å². The minimum Gasteiger partial charge on any atom is -0.464 e. The zero-order valence-corrected chi connectivity index (χ0v) is 18.1. The summed E-state index contributed by atoms with van der Waals surface area (Å²) in [5.41, 5.74) is 0.978. The second kappa shape index (κ2) is 9.98. The summed E-state index contributed by atoms with van der Waals surface area (Å²) in [5, 5.41) is 3.43. The third-order valence-electron chi connectivity index (χ3n) is 5.60. The molecule has 0 radical (unpaired) electrons. The summed E-state index contributed by atoms with van der Waals surface area (Å²) in [7, 11) is 0. The summed E-state index contributed by atoms with van der Waals surface area (Å²) >= 11 is 1.40. The zero-order chi connectivity index (χ0) is 20.9. The Morgan fingerprint density at radius 3 is 2.83 bits per heavy atom.